The lowest BCUT2D eigenvalue weighted by Crippen LogP contribution is -2.26. The first-order valence-electron chi connectivity index (χ1n) is 9.29. The first-order valence-corrected chi connectivity index (χ1v) is 9.29. The second kappa shape index (κ2) is 7.37. The van der Waals surface area contributed by atoms with Gasteiger partial charge in [-0.05, 0) is 61.7 Å². The van der Waals surface area contributed by atoms with E-state index in [1.165, 1.54) is 23.8 Å². The Kier molecular flexibility index (Phi) is 4.76. The Balaban J connectivity index is 0.00000192. The highest BCUT2D eigenvalue weighted by Crippen LogP contribution is 2.33. The van der Waals surface area contributed by atoms with E-state index in [0.717, 1.165) is 35.5 Å². The average molecular weight is 372 g/mol. The van der Waals surface area contributed by atoms with E-state index in [1.54, 1.807) is 6.20 Å². The molecule has 1 aliphatic rings. The average Bonchev–Trinajstić information content (AvgIpc) is 3.31. The number of nitriles is 1. The maximum absolute atomic E-state index is 9.11. The minimum atomic E-state index is 0. The molecule has 0 bridgehead atoms. The third kappa shape index (κ3) is 3.10. The van der Waals surface area contributed by atoms with Gasteiger partial charge in [-0.1, -0.05) is 13.5 Å². The summed E-state index contributed by atoms with van der Waals surface area (Å²) in [4.78, 5) is 11.0. The molecule has 1 fully saturated rings. The SMILES string of the molecule is C.N#Cc1c[nH]c2nc(Nc3ccc4c(C5CCNCC5)c[nH]c4c3)ccc12. The topological polar surface area (TPSA) is 92.3 Å². The monoisotopic (exact) mass is 372 g/mol. The summed E-state index contributed by atoms with van der Waals surface area (Å²) in [6.45, 7) is 2.19. The Morgan fingerprint density at radius 1 is 1.04 bits per heavy atom. The van der Waals surface area contributed by atoms with Crippen LogP contribution in [0.3, 0.4) is 0 Å². The number of nitrogens with one attached hydrogen (secondary N) is 4. The predicted molar refractivity (Wildman–Crippen MR) is 114 cm³/mol. The van der Waals surface area contributed by atoms with Gasteiger partial charge in [-0.3, -0.25) is 0 Å². The molecule has 0 aliphatic carbocycles. The highest BCUT2D eigenvalue weighted by molar-refractivity contribution is 5.88. The van der Waals surface area contributed by atoms with E-state index in [-0.39, 0.29) is 7.43 Å². The Morgan fingerprint density at radius 3 is 2.68 bits per heavy atom. The summed E-state index contributed by atoms with van der Waals surface area (Å²) in [6, 6.07) is 12.4. The van der Waals surface area contributed by atoms with Crippen molar-refractivity contribution in [3.05, 3.63) is 53.9 Å². The predicted octanol–water partition coefficient (Wildman–Crippen LogP) is 4.76. The van der Waals surface area contributed by atoms with Crippen LogP contribution in [0.15, 0.2) is 42.7 Å². The molecule has 6 heteroatoms. The number of piperidine rings is 1. The van der Waals surface area contributed by atoms with Gasteiger partial charge in [0.2, 0.25) is 0 Å². The van der Waals surface area contributed by atoms with Crippen molar-refractivity contribution >= 4 is 33.4 Å². The number of pyridine rings is 1. The van der Waals surface area contributed by atoms with Gasteiger partial charge in [-0.15, -0.1) is 0 Å². The molecule has 28 heavy (non-hydrogen) atoms. The highest BCUT2D eigenvalue weighted by atomic mass is 15.0. The fourth-order valence-electron chi connectivity index (χ4n) is 4.01. The lowest BCUT2D eigenvalue weighted by atomic mass is 9.90. The molecule has 1 aliphatic heterocycles. The fraction of sp³-hybridized carbons (Fsp3) is 0.273. The van der Waals surface area contributed by atoms with Crippen molar-refractivity contribution in [1.29, 1.82) is 5.26 Å². The van der Waals surface area contributed by atoms with E-state index < -0.39 is 0 Å². The molecule has 1 saturated heterocycles. The van der Waals surface area contributed by atoms with Crippen LogP contribution in [0, 0.1) is 11.3 Å². The summed E-state index contributed by atoms with van der Waals surface area (Å²) in [7, 11) is 0. The summed E-state index contributed by atoms with van der Waals surface area (Å²) in [5.74, 6) is 1.38. The number of anilines is 2. The molecule has 4 aromatic rings. The zero-order valence-corrected chi connectivity index (χ0v) is 14.8. The molecule has 6 nitrogen and oxygen atoms in total. The van der Waals surface area contributed by atoms with Crippen LogP contribution in [-0.2, 0) is 0 Å². The number of hydrogen-bond acceptors (Lipinski definition) is 4. The standard InChI is InChI=1S/C21H20N6.CH4/c22-10-14-11-25-21-16(14)3-4-20(27-21)26-15-1-2-17-18(12-24-19(17)9-15)13-5-7-23-8-6-13;/h1-4,9,11-13,23-24H,5-8H2,(H2,25,26,27);1H4. The smallest absolute Gasteiger partial charge is 0.141 e. The van der Waals surface area contributed by atoms with Gasteiger partial charge in [0.1, 0.15) is 17.5 Å². The van der Waals surface area contributed by atoms with Crippen LogP contribution >= 0.6 is 0 Å². The number of benzene rings is 1. The molecule has 0 unspecified atom stereocenters. The summed E-state index contributed by atoms with van der Waals surface area (Å²) in [6.07, 6.45) is 6.24. The molecule has 0 spiro atoms. The second-order valence-electron chi connectivity index (χ2n) is 7.06. The van der Waals surface area contributed by atoms with Gasteiger partial charge < -0.3 is 20.6 Å². The largest absolute Gasteiger partial charge is 0.361 e. The molecular formula is C22H24N6. The van der Waals surface area contributed by atoms with Gasteiger partial charge in [0, 0.05) is 34.4 Å². The molecule has 5 rings (SSSR count). The zero-order chi connectivity index (χ0) is 18.2. The highest BCUT2D eigenvalue weighted by Gasteiger charge is 2.18. The van der Waals surface area contributed by atoms with Crippen molar-refractivity contribution in [3.8, 4) is 6.07 Å². The van der Waals surface area contributed by atoms with Crippen LogP contribution in [0.5, 0.6) is 0 Å². The molecule has 142 valence electrons. The summed E-state index contributed by atoms with van der Waals surface area (Å²) in [5.41, 5.74) is 4.88. The third-order valence-electron chi connectivity index (χ3n) is 5.42. The van der Waals surface area contributed by atoms with Crippen molar-refractivity contribution in [2.75, 3.05) is 18.4 Å². The van der Waals surface area contributed by atoms with E-state index >= 15 is 0 Å². The van der Waals surface area contributed by atoms with Crippen molar-refractivity contribution < 1.29 is 0 Å². The normalized spacial score (nSPS) is 14.7. The summed E-state index contributed by atoms with van der Waals surface area (Å²) < 4.78 is 0. The van der Waals surface area contributed by atoms with Crippen LogP contribution in [0.4, 0.5) is 11.5 Å². The van der Waals surface area contributed by atoms with Gasteiger partial charge >= 0.3 is 0 Å². The number of rotatable bonds is 3. The number of fused-ring (bicyclic) bond motifs is 2. The minimum absolute atomic E-state index is 0. The Bertz CT molecular complexity index is 1160. The van der Waals surface area contributed by atoms with Crippen molar-refractivity contribution in [2.24, 2.45) is 0 Å². The zero-order valence-electron chi connectivity index (χ0n) is 14.8. The van der Waals surface area contributed by atoms with E-state index in [2.05, 4.69) is 56.1 Å². The van der Waals surface area contributed by atoms with Gasteiger partial charge in [0.25, 0.3) is 0 Å². The van der Waals surface area contributed by atoms with E-state index in [1.807, 2.05) is 12.1 Å². The van der Waals surface area contributed by atoms with Gasteiger partial charge in [0.05, 0.1) is 5.56 Å². The van der Waals surface area contributed by atoms with Crippen molar-refractivity contribution in [2.45, 2.75) is 26.2 Å². The third-order valence-corrected chi connectivity index (χ3v) is 5.42. The minimum Gasteiger partial charge on any atom is -0.361 e. The molecule has 4 heterocycles. The van der Waals surface area contributed by atoms with Crippen LogP contribution in [0.25, 0.3) is 21.9 Å². The molecule has 3 aromatic heterocycles. The van der Waals surface area contributed by atoms with Crippen LogP contribution < -0.4 is 10.6 Å². The maximum Gasteiger partial charge on any atom is 0.141 e. The molecule has 1 aromatic carbocycles. The second-order valence-corrected chi connectivity index (χ2v) is 7.06. The first kappa shape index (κ1) is 18.1. The lowest BCUT2D eigenvalue weighted by molar-refractivity contribution is 0.462. The summed E-state index contributed by atoms with van der Waals surface area (Å²) >= 11 is 0. The molecular weight excluding hydrogens is 348 g/mol. The van der Waals surface area contributed by atoms with E-state index in [0.29, 0.717) is 17.1 Å². The van der Waals surface area contributed by atoms with Crippen LogP contribution in [-0.4, -0.2) is 28.0 Å². The lowest BCUT2D eigenvalue weighted by Gasteiger charge is -2.22. The van der Waals surface area contributed by atoms with Gasteiger partial charge in [0.15, 0.2) is 0 Å². The Morgan fingerprint density at radius 2 is 1.86 bits per heavy atom. The van der Waals surface area contributed by atoms with Crippen LogP contribution in [0.1, 0.15) is 37.3 Å². The van der Waals surface area contributed by atoms with Gasteiger partial charge in [-0.2, -0.15) is 5.26 Å². The molecule has 0 radical (unpaired) electrons. The fourth-order valence-corrected chi connectivity index (χ4v) is 4.01. The number of nitrogens with zero attached hydrogens (tertiary/aromatic N) is 2. The van der Waals surface area contributed by atoms with Crippen molar-refractivity contribution in [3.63, 3.8) is 0 Å². The quantitative estimate of drug-likeness (QED) is 0.417. The number of aromatic nitrogens is 3. The molecule has 4 N–H and O–H groups in total. The summed E-state index contributed by atoms with van der Waals surface area (Å²) in [5, 5.41) is 18.0. The molecule has 0 atom stereocenters. The molecule has 0 saturated carbocycles. The first-order chi connectivity index (χ1) is 13.3. The number of aromatic amines is 2. The molecule has 0 amide bonds. The Labute approximate surface area is 164 Å². The maximum atomic E-state index is 9.11. The van der Waals surface area contributed by atoms with Crippen molar-refractivity contribution in [1.82, 2.24) is 20.3 Å². The van der Waals surface area contributed by atoms with E-state index in [9.17, 15) is 0 Å². The van der Waals surface area contributed by atoms with Gasteiger partial charge in [-0.25, -0.2) is 4.98 Å². The van der Waals surface area contributed by atoms with E-state index in [4.69, 9.17) is 5.26 Å². The van der Waals surface area contributed by atoms with Crippen LogP contribution in [0.2, 0.25) is 0 Å². The number of hydrogen-bond donors (Lipinski definition) is 4. The Hall–Kier alpha value is -3.30. The number of H-pyrrole nitrogens is 2.